The van der Waals surface area contributed by atoms with E-state index in [4.69, 9.17) is 4.74 Å². The van der Waals surface area contributed by atoms with Crippen molar-refractivity contribution >= 4 is 21.8 Å². The molecule has 158 valence electrons. The van der Waals surface area contributed by atoms with Gasteiger partial charge >= 0.3 is 0 Å². The number of hydrogen-bond acceptors (Lipinski definition) is 4. The molecule has 0 fully saturated rings. The van der Waals surface area contributed by atoms with Crippen molar-refractivity contribution in [3.8, 4) is 34.2 Å². The van der Waals surface area contributed by atoms with Gasteiger partial charge in [-0.15, -0.1) is 0 Å². The lowest BCUT2D eigenvalue weighted by atomic mass is 9.95. The summed E-state index contributed by atoms with van der Waals surface area (Å²) in [4.78, 5) is 4.56. The van der Waals surface area contributed by atoms with Gasteiger partial charge in [-0.3, -0.25) is 10.1 Å². The predicted octanol–water partition coefficient (Wildman–Crippen LogP) is 6.66. The molecule has 0 aliphatic heterocycles. The second kappa shape index (κ2) is 8.91. The van der Waals surface area contributed by atoms with E-state index in [9.17, 15) is 5.26 Å². The summed E-state index contributed by atoms with van der Waals surface area (Å²) in [5.74, 6) is 0.809. The summed E-state index contributed by atoms with van der Waals surface area (Å²) >= 11 is 0. The molecular weight excluding hydrogens is 396 g/mol. The van der Waals surface area contributed by atoms with Crippen molar-refractivity contribution < 1.29 is 4.74 Å². The Bertz CT molecular complexity index is 1450. The number of H-pyrrole nitrogens is 1. The van der Waals surface area contributed by atoms with E-state index >= 15 is 0 Å². The van der Waals surface area contributed by atoms with Crippen molar-refractivity contribution in [3.63, 3.8) is 0 Å². The summed E-state index contributed by atoms with van der Waals surface area (Å²) in [5.41, 5.74) is 7.07. The normalized spacial score (nSPS) is 10.5. The van der Waals surface area contributed by atoms with Crippen LogP contribution in [0, 0.1) is 18.3 Å². The minimum absolute atomic E-state index is 0.636. The van der Waals surface area contributed by atoms with Crippen LogP contribution in [0.25, 0.3) is 44.2 Å². The number of nitriles is 1. The molecule has 0 bridgehead atoms. The molecule has 0 amide bonds. The smallest absolute Gasteiger partial charge is 0.123 e. The van der Waals surface area contributed by atoms with Gasteiger partial charge in [-0.25, -0.2) is 0 Å². The molecule has 1 N–H and O–H groups in total. The molecule has 3 aromatic carbocycles. The third-order valence-corrected chi connectivity index (χ3v) is 5.41. The first-order valence-electron chi connectivity index (χ1n) is 10.6. The molecule has 0 unspecified atom stereocenters. The van der Waals surface area contributed by atoms with Gasteiger partial charge in [0.25, 0.3) is 0 Å². The highest BCUT2D eigenvalue weighted by molar-refractivity contribution is 6.11. The zero-order valence-corrected chi connectivity index (χ0v) is 18.6. The Labute approximate surface area is 187 Å². The molecule has 0 saturated carbocycles. The Morgan fingerprint density at radius 1 is 0.969 bits per heavy atom. The number of aromatic nitrogens is 3. The van der Waals surface area contributed by atoms with Gasteiger partial charge in [-0.2, -0.15) is 10.4 Å². The Morgan fingerprint density at radius 3 is 2.47 bits per heavy atom. The van der Waals surface area contributed by atoms with E-state index in [-0.39, 0.29) is 0 Å². The van der Waals surface area contributed by atoms with Gasteiger partial charge < -0.3 is 4.74 Å². The molecular formula is C27H24N4O. The van der Waals surface area contributed by atoms with Gasteiger partial charge in [0.2, 0.25) is 0 Å². The van der Waals surface area contributed by atoms with E-state index < -0.39 is 0 Å². The predicted molar refractivity (Wildman–Crippen MR) is 130 cm³/mol. The highest BCUT2D eigenvalue weighted by Crippen LogP contribution is 2.36. The Hall–Kier alpha value is -4.17. The lowest BCUT2D eigenvalue weighted by molar-refractivity contribution is 0.412. The highest BCUT2D eigenvalue weighted by atomic mass is 16.5. The molecule has 0 aliphatic rings. The first-order valence-corrected chi connectivity index (χ1v) is 10.6. The van der Waals surface area contributed by atoms with Crippen LogP contribution in [0.2, 0.25) is 0 Å². The molecule has 0 atom stereocenters. The van der Waals surface area contributed by atoms with Crippen molar-refractivity contribution in [1.29, 1.82) is 5.26 Å². The minimum atomic E-state index is 0.636. The number of ether oxygens (including phenoxy) is 1. The van der Waals surface area contributed by atoms with Crippen LogP contribution >= 0.6 is 0 Å². The van der Waals surface area contributed by atoms with Crippen molar-refractivity contribution in [2.24, 2.45) is 0 Å². The van der Waals surface area contributed by atoms with Crippen LogP contribution < -0.4 is 4.74 Å². The Morgan fingerprint density at radius 2 is 1.75 bits per heavy atom. The molecule has 5 rings (SSSR count). The van der Waals surface area contributed by atoms with Gasteiger partial charge in [-0.1, -0.05) is 50.2 Å². The maximum absolute atomic E-state index is 9.60. The molecule has 5 heteroatoms. The van der Waals surface area contributed by atoms with Gasteiger partial charge in [0.05, 0.1) is 36.0 Å². The fourth-order valence-electron chi connectivity index (χ4n) is 3.91. The Balaban J connectivity index is 0.00000119. The summed E-state index contributed by atoms with van der Waals surface area (Å²) in [6.45, 7) is 6.02. The van der Waals surface area contributed by atoms with Crippen molar-refractivity contribution in [3.05, 3.63) is 78.0 Å². The fraction of sp³-hybridized carbons (Fsp3) is 0.148. The van der Waals surface area contributed by atoms with E-state index in [2.05, 4.69) is 27.3 Å². The molecule has 5 nitrogen and oxygen atoms in total. The van der Waals surface area contributed by atoms with Crippen LogP contribution in [-0.4, -0.2) is 22.3 Å². The monoisotopic (exact) mass is 420 g/mol. The SMILES string of the molecule is CC.COc1cc2ncc3[nH]nc(-c4ccc(C#N)c(-c5ccccc5)c4)c3c2cc1C. The minimum Gasteiger partial charge on any atom is -0.496 e. The van der Waals surface area contributed by atoms with E-state index in [1.165, 1.54) is 0 Å². The number of aryl methyl sites for hydroxylation is 1. The van der Waals surface area contributed by atoms with Crippen molar-refractivity contribution in [2.45, 2.75) is 20.8 Å². The first kappa shape index (κ1) is 21.1. The highest BCUT2D eigenvalue weighted by Gasteiger charge is 2.16. The maximum Gasteiger partial charge on any atom is 0.123 e. The maximum atomic E-state index is 9.60. The summed E-state index contributed by atoms with van der Waals surface area (Å²) in [7, 11) is 1.66. The summed E-state index contributed by atoms with van der Waals surface area (Å²) in [5, 5.41) is 19.3. The third-order valence-electron chi connectivity index (χ3n) is 5.41. The van der Waals surface area contributed by atoms with Gasteiger partial charge in [0.1, 0.15) is 11.4 Å². The second-order valence-electron chi connectivity index (χ2n) is 7.20. The van der Waals surface area contributed by atoms with Crippen LogP contribution in [0.1, 0.15) is 25.0 Å². The summed E-state index contributed by atoms with van der Waals surface area (Å²) in [6.07, 6.45) is 1.80. The first-order chi connectivity index (χ1) is 15.7. The zero-order chi connectivity index (χ0) is 22.7. The number of pyridine rings is 1. The largest absolute Gasteiger partial charge is 0.496 e. The van der Waals surface area contributed by atoms with E-state index in [1.54, 1.807) is 13.3 Å². The molecule has 5 aromatic rings. The number of benzene rings is 3. The standard InChI is InChI=1S/C25H18N4O.C2H6/c1-15-10-20-21(12-23(15)30-2)27-14-22-24(20)25(29-28-22)17-8-9-18(13-26)19(11-17)16-6-4-3-5-7-16;1-2/h3-12,14H,1-2H3,(H,28,29);1-2H3. The fourth-order valence-corrected chi connectivity index (χ4v) is 3.91. The van der Waals surface area contributed by atoms with Crippen LogP contribution in [0.3, 0.4) is 0 Å². The summed E-state index contributed by atoms with van der Waals surface area (Å²) < 4.78 is 5.46. The molecule has 2 aromatic heterocycles. The number of nitrogens with one attached hydrogen (secondary N) is 1. The average molecular weight is 421 g/mol. The molecule has 0 aliphatic carbocycles. The molecule has 0 spiro atoms. The van der Waals surface area contributed by atoms with Crippen LogP contribution in [-0.2, 0) is 0 Å². The lowest BCUT2D eigenvalue weighted by Crippen LogP contribution is -1.90. The topological polar surface area (TPSA) is 74.6 Å². The lowest BCUT2D eigenvalue weighted by Gasteiger charge is -2.09. The number of aromatic amines is 1. The second-order valence-corrected chi connectivity index (χ2v) is 7.20. The number of hydrogen-bond donors (Lipinski definition) is 1. The average Bonchev–Trinajstić information content (AvgIpc) is 3.30. The molecule has 0 saturated heterocycles. The van der Waals surface area contributed by atoms with E-state index in [0.717, 1.165) is 55.5 Å². The van der Waals surface area contributed by atoms with Crippen molar-refractivity contribution in [2.75, 3.05) is 7.11 Å². The van der Waals surface area contributed by atoms with Crippen LogP contribution in [0.5, 0.6) is 5.75 Å². The van der Waals surface area contributed by atoms with E-state index in [1.807, 2.05) is 75.4 Å². The van der Waals surface area contributed by atoms with Crippen molar-refractivity contribution in [1.82, 2.24) is 15.2 Å². The van der Waals surface area contributed by atoms with Crippen LogP contribution in [0.4, 0.5) is 0 Å². The van der Waals surface area contributed by atoms with Gasteiger partial charge in [0.15, 0.2) is 0 Å². The Kier molecular flexibility index (Phi) is 5.87. The van der Waals surface area contributed by atoms with Gasteiger partial charge in [-0.05, 0) is 36.2 Å². The third kappa shape index (κ3) is 3.57. The number of methoxy groups -OCH3 is 1. The number of rotatable bonds is 3. The molecule has 32 heavy (non-hydrogen) atoms. The quantitative estimate of drug-likeness (QED) is 0.354. The molecule has 2 heterocycles. The van der Waals surface area contributed by atoms with Gasteiger partial charge in [0, 0.05) is 28.0 Å². The zero-order valence-electron chi connectivity index (χ0n) is 18.6. The van der Waals surface area contributed by atoms with E-state index in [0.29, 0.717) is 5.56 Å². The number of fused-ring (bicyclic) bond motifs is 3. The number of nitrogens with zero attached hydrogens (tertiary/aromatic N) is 3. The molecule has 0 radical (unpaired) electrons. The summed E-state index contributed by atoms with van der Waals surface area (Å²) in [6, 6.07) is 22.1. The van der Waals surface area contributed by atoms with Crippen LogP contribution in [0.15, 0.2) is 66.9 Å².